The number of rotatable bonds is 8. The highest BCUT2D eigenvalue weighted by Crippen LogP contribution is 2.20. The number of anilines is 2. The minimum absolute atomic E-state index is 0.481. The number of ether oxygens (including phenoxy) is 1. The quantitative estimate of drug-likeness (QED) is 0.399. The van der Waals surface area contributed by atoms with Crippen LogP contribution in [0.1, 0.15) is 19.3 Å². The molecular weight excluding hydrogens is 400 g/mol. The molecule has 0 bridgehead atoms. The summed E-state index contributed by atoms with van der Waals surface area (Å²) in [6.07, 6.45) is 5.22. The minimum Gasteiger partial charge on any atom is -0.493 e. The summed E-state index contributed by atoms with van der Waals surface area (Å²) in [5.41, 5.74) is 0. The number of hydrogen-bond donors (Lipinski definition) is 0. The maximum absolute atomic E-state index is 5.72. The third-order valence-corrected chi connectivity index (χ3v) is 5.46. The van der Waals surface area contributed by atoms with Crippen molar-refractivity contribution < 1.29 is 4.74 Å². The number of nitrogens with zero attached hydrogens (tertiary/aromatic N) is 8. The van der Waals surface area contributed by atoms with Crippen LogP contribution in [0.15, 0.2) is 41.8 Å². The van der Waals surface area contributed by atoms with E-state index < -0.39 is 0 Å². The highest BCUT2D eigenvalue weighted by atomic mass is 32.2. The number of piperidine rings is 1. The van der Waals surface area contributed by atoms with E-state index in [1.807, 2.05) is 49.3 Å². The molecule has 0 amide bonds. The van der Waals surface area contributed by atoms with Gasteiger partial charge in [0.2, 0.25) is 17.1 Å². The fraction of sp³-hybridized carbons (Fsp3) is 0.450. The Kier molecular flexibility index (Phi) is 6.63. The summed E-state index contributed by atoms with van der Waals surface area (Å²) < 4.78 is 7.33. The summed E-state index contributed by atoms with van der Waals surface area (Å²) in [7, 11) is 3.85. The first-order valence-electron chi connectivity index (χ1n) is 10.1. The van der Waals surface area contributed by atoms with E-state index in [4.69, 9.17) is 4.74 Å². The Morgan fingerprint density at radius 3 is 2.53 bits per heavy atom. The van der Waals surface area contributed by atoms with E-state index in [1.54, 1.807) is 11.0 Å². The average molecular weight is 427 g/mol. The van der Waals surface area contributed by atoms with Gasteiger partial charge in [-0.1, -0.05) is 30.0 Å². The van der Waals surface area contributed by atoms with Crippen molar-refractivity contribution in [2.24, 2.45) is 0 Å². The Labute approximate surface area is 180 Å². The number of thioether (sulfide) groups is 1. The monoisotopic (exact) mass is 426 g/mol. The van der Waals surface area contributed by atoms with Gasteiger partial charge in [0.15, 0.2) is 0 Å². The fourth-order valence-electron chi connectivity index (χ4n) is 3.10. The van der Waals surface area contributed by atoms with Crippen molar-refractivity contribution in [3.8, 4) is 11.7 Å². The predicted molar refractivity (Wildman–Crippen MR) is 118 cm³/mol. The van der Waals surface area contributed by atoms with Gasteiger partial charge in [-0.25, -0.2) is 4.98 Å². The van der Waals surface area contributed by atoms with Crippen LogP contribution in [0, 0.1) is 0 Å². The molecule has 158 valence electrons. The molecule has 0 atom stereocenters. The van der Waals surface area contributed by atoms with Gasteiger partial charge < -0.3 is 14.5 Å². The molecule has 0 aliphatic carbocycles. The van der Waals surface area contributed by atoms with Crippen molar-refractivity contribution >= 4 is 23.7 Å². The molecule has 0 unspecified atom stereocenters. The summed E-state index contributed by atoms with van der Waals surface area (Å²) >= 11 is 1.54. The molecule has 3 aromatic rings. The second-order valence-electron chi connectivity index (χ2n) is 7.16. The molecule has 2 aromatic heterocycles. The molecule has 0 radical (unpaired) electrons. The Morgan fingerprint density at radius 2 is 1.77 bits per heavy atom. The van der Waals surface area contributed by atoms with E-state index in [9.17, 15) is 0 Å². The van der Waals surface area contributed by atoms with Gasteiger partial charge in [-0.3, -0.25) is 0 Å². The van der Waals surface area contributed by atoms with Crippen LogP contribution in [-0.2, 0) is 0 Å². The van der Waals surface area contributed by atoms with E-state index in [1.165, 1.54) is 18.2 Å². The first kappa shape index (κ1) is 20.4. The van der Waals surface area contributed by atoms with Gasteiger partial charge >= 0.3 is 0 Å². The standard InChI is InChI=1S/C20H26N8OS/c1-26(2)17-22-18(27-11-7-4-8-12-27)24-19(23-17)28-15-21-20(25-28)30-14-13-29-16-9-5-3-6-10-16/h3,5-6,9-10,15H,4,7-8,11-14H2,1-2H3. The number of aromatic nitrogens is 6. The maximum atomic E-state index is 5.72. The van der Waals surface area contributed by atoms with Crippen LogP contribution >= 0.6 is 11.8 Å². The average Bonchev–Trinajstić information content (AvgIpc) is 3.27. The smallest absolute Gasteiger partial charge is 0.258 e. The molecule has 1 fully saturated rings. The van der Waals surface area contributed by atoms with E-state index in [0.717, 1.165) is 37.4 Å². The van der Waals surface area contributed by atoms with Crippen LogP contribution in [0.2, 0.25) is 0 Å². The Hall–Kier alpha value is -2.88. The molecule has 1 saturated heterocycles. The van der Waals surface area contributed by atoms with Crippen LogP contribution < -0.4 is 14.5 Å². The van der Waals surface area contributed by atoms with Crippen molar-refractivity contribution in [2.45, 2.75) is 24.4 Å². The highest BCUT2D eigenvalue weighted by molar-refractivity contribution is 7.99. The number of hydrogen-bond acceptors (Lipinski definition) is 9. The third kappa shape index (κ3) is 5.18. The molecule has 1 aliphatic rings. The van der Waals surface area contributed by atoms with Gasteiger partial charge in [0, 0.05) is 32.9 Å². The van der Waals surface area contributed by atoms with Crippen molar-refractivity contribution in [3.63, 3.8) is 0 Å². The molecule has 4 rings (SSSR count). The van der Waals surface area contributed by atoms with Crippen LogP contribution in [-0.4, -0.2) is 69.3 Å². The predicted octanol–water partition coefficient (Wildman–Crippen LogP) is 2.68. The molecular formula is C20H26N8OS. The van der Waals surface area contributed by atoms with Gasteiger partial charge in [-0.05, 0) is 31.4 Å². The zero-order chi connectivity index (χ0) is 20.8. The highest BCUT2D eigenvalue weighted by Gasteiger charge is 2.18. The van der Waals surface area contributed by atoms with Crippen LogP contribution in [0.25, 0.3) is 5.95 Å². The topological polar surface area (TPSA) is 85.1 Å². The second-order valence-corrected chi connectivity index (χ2v) is 8.22. The van der Waals surface area contributed by atoms with Gasteiger partial charge in [0.1, 0.15) is 12.1 Å². The molecule has 10 heteroatoms. The minimum atomic E-state index is 0.481. The third-order valence-electron chi connectivity index (χ3n) is 4.64. The Morgan fingerprint density at radius 1 is 1.00 bits per heavy atom. The first-order chi connectivity index (χ1) is 14.7. The zero-order valence-electron chi connectivity index (χ0n) is 17.3. The summed E-state index contributed by atoms with van der Waals surface area (Å²) in [5.74, 6) is 3.40. The second kappa shape index (κ2) is 9.75. The van der Waals surface area contributed by atoms with Crippen LogP contribution in [0.5, 0.6) is 5.75 Å². The van der Waals surface area contributed by atoms with Crippen LogP contribution in [0.4, 0.5) is 11.9 Å². The molecule has 3 heterocycles. The summed E-state index contributed by atoms with van der Waals surface area (Å²) in [4.78, 5) is 22.3. The van der Waals surface area contributed by atoms with E-state index in [-0.39, 0.29) is 0 Å². The maximum Gasteiger partial charge on any atom is 0.258 e. The normalized spacial score (nSPS) is 14.0. The van der Waals surface area contributed by atoms with Crippen LogP contribution in [0.3, 0.4) is 0 Å². The lowest BCUT2D eigenvalue weighted by Crippen LogP contribution is -2.32. The molecule has 0 spiro atoms. The fourth-order valence-corrected chi connectivity index (χ4v) is 3.72. The number of para-hydroxylation sites is 1. The van der Waals surface area contributed by atoms with Gasteiger partial charge in [-0.15, -0.1) is 5.10 Å². The molecule has 30 heavy (non-hydrogen) atoms. The molecule has 1 aliphatic heterocycles. The van der Waals surface area contributed by atoms with Crippen molar-refractivity contribution in [1.82, 2.24) is 29.7 Å². The summed E-state index contributed by atoms with van der Waals surface area (Å²) in [6, 6.07) is 9.78. The Balaban J connectivity index is 1.43. The van der Waals surface area contributed by atoms with Gasteiger partial charge in [-0.2, -0.15) is 19.6 Å². The van der Waals surface area contributed by atoms with Gasteiger partial charge in [0.25, 0.3) is 5.95 Å². The lowest BCUT2D eigenvalue weighted by molar-refractivity contribution is 0.344. The zero-order valence-corrected chi connectivity index (χ0v) is 18.1. The summed E-state index contributed by atoms with van der Waals surface area (Å²) in [6.45, 7) is 2.52. The number of benzene rings is 1. The molecule has 0 saturated carbocycles. The SMILES string of the molecule is CN(C)c1nc(N2CCCCC2)nc(-n2cnc(SCCOc3ccccc3)n2)n1. The largest absolute Gasteiger partial charge is 0.493 e. The molecule has 1 aromatic carbocycles. The lowest BCUT2D eigenvalue weighted by Gasteiger charge is -2.27. The Bertz CT molecular complexity index is 943. The summed E-state index contributed by atoms with van der Waals surface area (Å²) in [5, 5.41) is 5.20. The van der Waals surface area contributed by atoms with Gasteiger partial charge in [0.05, 0.1) is 6.61 Å². The molecule has 9 nitrogen and oxygen atoms in total. The van der Waals surface area contributed by atoms with E-state index in [0.29, 0.717) is 29.6 Å². The molecule has 0 N–H and O–H groups in total. The van der Waals surface area contributed by atoms with Crippen molar-refractivity contribution in [1.29, 1.82) is 0 Å². The van der Waals surface area contributed by atoms with E-state index >= 15 is 0 Å². The van der Waals surface area contributed by atoms with Crippen molar-refractivity contribution in [2.75, 3.05) is 49.3 Å². The van der Waals surface area contributed by atoms with Crippen molar-refractivity contribution in [3.05, 3.63) is 36.7 Å². The first-order valence-corrected chi connectivity index (χ1v) is 11.1. The van der Waals surface area contributed by atoms with E-state index in [2.05, 4.69) is 29.9 Å². The lowest BCUT2D eigenvalue weighted by atomic mass is 10.1.